The minimum absolute atomic E-state index is 0.0526. The first-order valence-electron chi connectivity index (χ1n) is 7.69. The Morgan fingerprint density at radius 3 is 2.88 bits per heavy atom. The zero-order chi connectivity index (χ0) is 17.1. The van der Waals surface area contributed by atoms with Gasteiger partial charge in [-0.15, -0.1) is 0 Å². The SMILES string of the molecule is CN(CC(=O)N[C@@H]1C[C@H]1c1ccccc1Cl)c1ccc(C#N)cn1. The van der Waals surface area contributed by atoms with Crippen LogP contribution in [0.1, 0.15) is 23.5 Å². The number of nitrogens with zero attached hydrogens (tertiary/aromatic N) is 3. The van der Waals surface area contributed by atoms with Gasteiger partial charge in [0.2, 0.25) is 5.91 Å². The lowest BCUT2D eigenvalue weighted by atomic mass is 10.1. The molecule has 1 saturated carbocycles. The van der Waals surface area contributed by atoms with Gasteiger partial charge in [0.1, 0.15) is 11.9 Å². The highest BCUT2D eigenvalue weighted by Gasteiger charge is 2.40. The van der Waals surface area contributed by atoms with Crippen LogP contribution in [-0.4, -0.2) is 30.5 Å². The highest BCUT2D eigenvalue weighted by molar-refractivity contribution is 6.31. The molecule has 2 atom stereocenters. The Morgan fingerprint density at radius 1 is 1.42 bits per heavy atom. The van der Waals surface area contributed by atoms with Gasteiger partial charge in [-0.25, -0.2) is 4.98 Å². The van der Waals surface area contributed by atoms with E-state index in [2.05, 4.69) is 10.3 Å². The Labute approximate surface area is 145 Å². The van der Waals surface area contributed by atoms with E-state index >= 15 is 0 Å². The minimum Gasteiger partial charge on any atom is -0.351 e. The van der Waals surface area contributed by atoms with Gasteiger partial charge in [0, 0.05) is 30.2 Å². The van der Waals surface area contributed by atoms with E-state index in [1.807, 2.05) is 30.3 Å². The first kappa shape index (κ1) is 16.3. The fourth-order valence-corrected chi connectivity index (χ4v) is 2.98. The summed E-state index contributed by atoms with van der Waals surface area (Å²) < 4.78 is 0. The molecule has 0 radical (unpaired) electrons. The van der Waals surface area contributed by atoms with E-state index in [0.29, 0.717) is 17.3 Å². The number of carbonyl (C=O) groups is 1. The number of halogens is 1. The van der Waals surface area contributed by atoms with Crippen LogP contribution in [0.4, 0.5) is 5.82 Å². The van der Waals surface area contributed by atoms with Gasteiger partial charge in [-0.05, 0) is 30.2 Å². The zero-order valence-electron chi connectivity index (χ0n) is 13.2. The molecule has 0 aliphatic heterocycles. The molecule has 0 spiro atoms. The molecule has 0 bridgehead atoms. The van der Waals surface area contributed by atoms with Gasteiger partial charge in [0.15, 0.2) is 0 Å². The molecule has 1 amide bonds. The number of anilines is 1. The van der Waals surface area contributed by atoms with Crippen LogP contribution >= 0.6 is 11.6 Å². The number of amides is 1. The minimum atomic E-state index is -0.0526. The first-order chi connectivity index (χ1) is 11.6. The molecule has 1 fully saturated rings. The van der Waals surface area contributed by atoms with Crippen molar-refractivity contribution in [2.75, 3.05) is 18.5 Å². The number of hydrogen-bond acceptors (Lipinski definition) is 4. The van der Waals surface area contributed by atoms with Crippen LogP contribution in [0.5, 0.6) is 0 Å². The standard InChI is InChI=1S/C18H17ClN4O/c1-23(17-7-6-12(9-20)10-21-17)11-18(24)22-16-8-14(16)13-4-2-3-5-15(13)19/h2-7,10,14,16H,8,11H2,1H3,(H,22,24)/t14-,16+/m0/s1. The third-order valence-corrected chi connectivity index (χ3v) is 4.43. The third-order valence-electron chi connectivity index (χ3n) is 4.09. The van der Waals surface area contributed by atoms with Crippen LogP contribution in [0.25, 0.3) is 0 Å². The zero-order valence-corrected chi connectivity index (χ0v) is 14.0. The smallest absolute Gasteiger partial charge is 0.239 e. The molecular weight excluding hydrogens is 324 g/mol. The van der Waals surface area contributed by atoms with Gasteiger partial charge in [-0.3, -0.25) is 4.79 Å². The highest BCUT2D eigenvalue weighted by atomic mass is 35.5. The molecule has 5 nitrogen and oxygen atoms in total. The number of carbonyl (C=O) groups excluding carboxylic acids is 1. The lowest BCUT2D eigenvalue weighted by molar-refractivity contribution is -0.119. The quantitative estimate of drug-likeness (QED) is 0.908. The predicted molar refractivity (Wildman–Crippen MR) is 93.0 cm³/mol. The third kappa shape index (κ3) is 3.66. The Balaban J connectivity index is 1.53. The molecule has 1 aromatic carbocycles. The van der Waals surface area contributed by atoms with Crippen LogP contribution < -0.4 is 10.2 Å². The maximum atomic E-state index is 12.2. The van der Waals surface area contributed by atoms with Crippen molar-refractivity contribution in [1.29, 1.82) is 5.26 Å². The molecule has 1 aliphatic carbocycles. The van der Waals surface area contributed by atoms with Crippen molar-refractivity contribution < 1.29 is 4.79 Å². The molecule has 1 heterocycles. The molecule has 0 saturated heterocycles. The summed E-state index contributed by atoms with van der Waals surface area (Å²) in [5.41, 5.74) is 1.59. The fraction of sp³-hybridized carbons (Fsp3) is 0.278. The molecule has 24 heavy (non-hydrogen) atoms. The summed E-state index contributed by atoms with van der Waals surface area (Å²) in [6, 6.07) is 13.3. The van der Waals surface area contributed by atoms with Crippen LogP contribution in [0.15, 0.2) is 42.6 Å². The van der Waals surface area contributed by atoms with Crippen molar-refractivity contribution in [2.45, 2.75) is 18.4 Å². The Hall–Kier alpha value is -2.58. The molecule has 1 aromatic heterocycles. The van der Waals surface area contributed by atoms with Crippen molar-refractivity contribution >= 4 is 23.3 Å². The summed E-state index contributed by atoms with van der Waals surface area (Å²) >= 11 is 6.20. The first-order valence-corrected chi connectivity index (χ1v) is 8.07. The Kier molecular flexibility index (Phi) is 4.68. The van der Waals surface area contributed by atoms with Crippen LogP contribution in [0.3, 0.4) is 0 Å². The molecule has 3 rings (SSSR count). The lowest BCUT2D eigenvalue weighted by Crippen LogP contribution is -2.37. The van der Waals surface area contributed by atoms with Crippen molar-refractivity contribution in [3.05, 3.63) is 58.7 Å². The van der Waals surface area contributed by atoms with Gasteiger partial charge >= 0.3 is 0 Å². The fourth-order valence-electron chi connectivity index (χ4n) is 2.70. The van der Waals surface area contributed by atoms with E-state index in [9.17, 15) is 4.79 Å². The molecular formula is C18H17ClN4O. The van der Waals surface area contributed by atoms with E-state index in [0.717, 1.165) is 17.0 Å². The molecule has 1 N–H and O–H groups in total. The predicted octanol–water partition coefficient (Wildman–Crippen LogP) is 2.72. The number of aromatic nitrogens is 1. The van der Waals surface area contributed by atoms with E-state index < -0.39 is 0 Å². The van der Waals surface area contributed by atoms with Crippen molar-refractivity contribution in [2.24, 2.45) is 0 Å². The second-order valence-corrected chi connectivity index (χ2v) is 6.32. The Morgan fingerprint density at radius 2 is 2.21 bits per heavy atom. The van der Waals surface area contributed by atoms with Crippen molar-refractivity contribution in [3.8, 4) is 6.07 Å². The molecule has 122 valence electrons. The van der Waals surface area contributed by atoms with E-state index in [4.69, 9.17) is 16.9 Å². The van der Waals surface area contributed by atoms with Gasteiger partial charge in [0.25, 0.3) is 0 Å². The summed E-state index contributed by atoms with van der Waals surface area (Å²) in [4.78, 5) is 18.1. The lowest BCUT2D eigenvalue weighted by Gasteiger charge is -2.17. The molecule has 2 aromatic rings. The van der Waals surface area contributed by atoms with Crippen LogP contribution in [-0.2, 0) is 4.79 Å². The average Bonchev–Trinajstić information content (AvgIpc) is 3.34. The summed E-state index contributed by atoms with van der Waals surface area (Å²) in [6.07, 6.45) is 2.41. The summed E-state index contributed by atoms with van der Waals surface area (Å²) in [5, 5.41) is 12.6. The number of pyridine rings is 1. The average molecular weight is 341 g/mol. The van der Waals surface area contributed by atoms with E-state index in [1.54, 1.807) is 24.1 Å². The van der Waals surface area contributed by atoms with Crippen molar-refractivity contribution in [3.63, 3.8) is 0 Å². The van der Waals surface area contributed by atoms with Gasteiger partial charge in [0.05, 0.1) is 12.1 Å². The van der Waals surface area contributed by atoms with Crippen molar-refractivity contribution in [1.82, 2.24) is 10.3 Å². The van der Waals surface area contributed by atoms with E-state index in [1.165, 1.54) is 6.20 Å². The monoisotopic (exact) mass is 340 g/mol. The Bertz CT molecular complexity index is 784. The number of nitrogens with one attached hydrogen (secondary N) is 1. The topological polar surface area (TPSA) is 69.0 Å². The summed E-state index contributed by atoms with van der Waals surface area (Å²) in [5.74, 6) is 0.895. The maximum Gasteiger partial charge on any atom is 0.239 e. The second kappa shape index (κ2) is 6.90. The molecule has 0 unspecified atom stereocenters. The summed E-state index contributed by atoms with van der Waals surface area (Å²) in [7, 11) is 1.80. The van der Waals surface area contributed by atoms with Gasteiger partial charge < -0.3 is 10.2 Å². The summed E-state index contributed by atoms with van der Waals surface area (Å²) in [6.45, 7) is 0.213. The maximum absolute atomic E-state index is 12.2. The van der Waals surface area contributed by atoms with Crippen LogP contribution in [0.2, 0.25) is 5.02 Å². The normalized spacial score (nSPS) is 18.5. The highest BCUT2D eigenvalue weighted by Crippen LogP contribution is 2.43. The van der Waals surface area contributed by atoms with Gasteiger partial charge in [-0.2, -0.15) is 5.26 Å². The number of likely N-dealkylation sites (N-methyl/N-ethyl adjacent to an activating group) is 1. The molecule has 6 heteroatoms. The van der Waals surface area contributed by atoms with E-state index in [-0.39, 0.29) is 18.5 Å². The number of rotatable bonds is 5. The van der Waals surface area contributed by atoms with Crippen LogP contribution in [0, 0.1) is 11.3 Å². The number of hydrogen-bond donors (Lipinski definition) is 1. The number of nitriles is 1. The van der Waals surface area contributed by atoms with Gasteiger partial charge in [-0.1, -0.05) is 29.8 Å². The second-order valence-electron chi connectivity index (χ2n) is 5.91. The molecule has 1 aliphatic rings. The number of benzene rings is 1. The largest absolute Gasteiger partial charge is 0.351 e.